The highest BCUT2D eigenvalue weighted by Gasteiger charge is 2.41. The number of fused-ring (bicyclic) bond motifs is 1. The number of carbonyl (C=O) groups excluding carboxylic acids is 2. The molecule has 1 N–H and O–H groups in total. The van der Waals surface area contributed by atoms with Gasteiger partial charge in [0.1, 0.15) is 0 Å². The largest absolute Gasteiger partial charge is 0.361 e. The lowest BCUT2D eigenvalue weighted by Gasteiger charge is -2.14. The number of amides is 2. The fraction of sp³-hybridized carbons (Fsp3) is 0.111. The van der Waals surface area contributed by atoms with E-state index in [2.05, 4.69) is 4.98 Å². The summed E-state index contributed by atoms with van der Waals surface area (Å²) in [5.41, 5.74) is 2.52. The third-order valence-electron chi connectivity index (χ3n) is 4.16. The minimum Gasteiger partial charge on any atom is -0.361 e. The smallest absolute Gasteiger partial charge is 0.241 e. The molecule has 0 spiro atoms. The highest BCUT2D eigenvalue weighted by molar-refractivity contribution is 6.23. The van der Waals surface area contributed by atoms with E-state index in [1.807, 2.05) is 48.7 Å². The standard InChI is InChI=1S/C18H14N2O2/c21-17-10-14(15-11-19-16-9-5-4-8-13(15)16)18(22)20(17)12-6-2-1-3-7-12/h1-9,11,14,19H,10H2/t14-/m0/s1. The van der Waals surface area contributed by atoms with E-state index in [0.29, 0.717) is 5.69 Å². The van der Waals surface area contributed by atoms with Crippen molar-refractivity contribution in [3.8, 4) is 0 Å². The number of para-hydroxylation sites is 2. The summed E-state index contributed by atoms with van der Waals surface area (Å²) in [5.74, 6) is -0.712. The molecule has 0 aliphatic carbocycles. The van der Waals surface area contributed by atoms with Crippen molar-refractivity contribution < 1.29 is 9.59 Å². The quantitative estimate of drug-likeness (QED) is 0.737. The van der Waals surface area contributed by atoms with Crippen molar-refractivity contribution in [2.45, 2.75) is 12.3 Å². The number of carbonyl (C=O) groups is 2. The first kappa shape index (κ1) is 12.8. The van der Waals surface area contributed by atoms with Gasteiger partial charge in [-0.05, 0) is 23.8 Å². The molecular formula is C18H14N2O2. The van der Waals surface area contributed by atoms with Crippen LogP contribution in [0, 0.1) is 0 Å². The van der Waals surface area contributed by atoms with E-state index >= 15 is 0 Å². The zero-order valence-corrected chi connectivity index (χ0v) is 11.8. The zero-order chi connectivity index (χ0) is 15.1. The Kier molecular flexibility index (Phi) is 2.82. The summed E-state index contributed by atoms with van der Waals surface area (Å²) in [6, 6.07) is 16.9. The van der Waals surface area contributed by atoms with Crippen LogP contribution in [-0.2, 0) is 9.59 Å². The first-order valence-electron chi connectivity index (χ1n) is 7.23. The number of nitrogens with zero attached hydrogens (tertiary/aromatic N) is 1. The molecule has 1 saturated heterocycles. The van der Waals surface area contributed by atoms with Crippen LogP contribution in [0.1, 0.15) is 17.9 Å². The molecule has 1 aliphatic rings. The van der Waals surface area contributed by atoms with Crippen molar-refractivity contribution in [1.82, 2.24) is 4.98 Å². The lowest BCUT2D eigenvalue weighted by molar-refractivity contribution is -0.121. The summed E-state index contributed by atoms with van der Waals surface area (Å²) in [5, 5.41) is 1.00. The minimum atomic E-state index is -0.413. The molecular weight excluding hydrogens is 276 g/mol. The molecule has 4 heteroatoms. The topological polar surface area (TPSA) is 53.2 Å². The number of nitrogens with one attached hydrogen (secondary N) is 1. The Hall–Kier alpha value is -2.88. The molecule has 0 unspecified atom stereocenters. The van der Waals surface area contributed by atoms with Gasteiger partial charge in [0.25, 0.3) is 0 Å². The normalized spacial score (nSPS) is 18.4. The number of H-pyrrole nitrogens is 1. The van der Waals surface area contributed by atoms with Crippen molar-refractivity contribution in [3.05, 3.63) is 66.4 Å². The van der Waals surface area contributed by atoms with Gasteiger partial charge in [-0.25, -0.2) is 0 Å². The number of hydrogen-bond donors (Lipinski definition) is 1. The molecule has 4 rings (SSSR count). The molecule has 1 aromatic heterocycles. The van der Waals surface area contributed by atoms with Crippen LogP contribution in [-0.4, -0.2) is 16.8 Å². The van der Waals surface area contributed by atoms with E-state index in [0.717, 1.165) is 16.5 Å². The number of aromatic nitrogens is 1. The Morgan fingerprint density at radius 3 is 2.50 bits per heavy atom. The van der Waals surface area contributed by atoms with Gasteiger partial charge in [-0.1, -0.05) is 36.4 Å². The fourth-order valence-corrected chi connectivity index (χ4v) is 3.11. The van der Waals surface area contributed by atoms with Gasteiger partial charge in [-0.15, -0.1) is 0 Å². The van der Waals surface area contributed by atoms with Crippen molar-refractivity contribution in [2.24, 2.45) is 0 Å². The summed E-state index contributed by atoms with van der Waals surface area (Å²) >= 11 is 0. The maximum atomic E-state index is 12.7. The average Bonchev–Trinajstić information content (AvgIpc) is 3.09. The first-order chi connectivity index (χ1) is 10.8. The molecule has 0 saturated carbocycles. The first-order valence-corrected chi connectivity index (χ1v) is 7.23. The lowest BCUT2D eigenvalue weighted by atomic mass is 9.97. The Bertz CT molecular complexity index is 867. The maximum Gasteiger partial charge on any atom is 0.241 e. The highest BCUT2D eigenvalue weighted by atomic mass is 16.2. The van der Waals surface area contributed by atoms with Gasteiger partial charge in [0, 0.05) is 23.5 Å². The molecule has 2 amide bonds. The zero-order valence-electron chi connectivity index (χ0n) is 11.8. The number of hydrogen-bond acceptors (Lipinski definition) is 2. The predicted molar refractivity (Wildman–Crippen MR) is 84.6 cm³/mol. The summed E-state index contributed by atoms with van der Waals surface area (Å²) in [6.45, 7) is 0. The average molecular weight is 290 g/mol. The molecule has 4 nitrogen and oxygen atoms in total. The highest BCUT2D eigenvalue weighted by Crippen LogP contribution is 2.36. The third kappa shape index (κ3) is 1.84. The molecule has 2 aromatic carbocycles. The molecule has 0 bridgehead atoms. The molecule has 22 heavy (non-hydrogen) atoms. The van der Waals surface area contributed by atoms with E-state index in [9.17, 15) is 9.59 Å². The molecule has 108 valence electrons. The summed E-state index contributed by atoms with van der Waals surface area (Å²) in [7, 11) is 0. The van der Waals surface area contributed by atoms with E-state index in [-0.39, 0.29) is 18.2 Å². The van der Waals surface area contributed by atoms with Gasteiger partial charge in [-0.2, -0.15) is 0 Å². The summed E-state index contributed by atoms with van der Waals surface area (Å²) in [4.78, 5) is 29.5. The second-order valence-electron chi connectivity index (χ2n) is 5.45. The van der Waals surface area contributed by atoms with Gasteiger partial charge < -0.3 is 4.98 Å². The van der Waals surface area contributed by atoms with Gasteiger partial charge >= 0.3 is 0 Å². The minimum absolute atomic E-state index is 0.147. The van der Waals surface area contributed by atoms with Crippen LogP contribution < -0.4 is 4.90 Å². The van der Waals surface area contributed by atoms with E-state index in [4.69, 9.17) is 0 Å². The monoisotopic (exact) mass is 290 g/mol. The van der Waals surface area contributed by atoms with Crippen molar-refractivity contribution in [3.63, 3.8) is 0 Å². The predicted octanol–water partition coefficient (Wildman–Crippen LogP) is 3.22. The number of aromatic amines is 1. The van der Waals surface area contributed by atoms with Gasteiger partial charge in [-0.3, -0.25) is 14.5 Å². The lowest BCUT2D eigenvalue weighted by Crippen LogP contribution is -2.29. The SMILES string of the molecule is O=C1C[C@@H](c2c[nH]c3ccccc23)C(=O)N1c1ccccc1. The number of imide groups is 1. The van der Waals surface area contributed by atoms with Crippen LogP contribution in [0.3, 0.4) is 0 Å². The second-order valence-corrected chi connectivity index (χ2v) is 5.45. The Balaban J connectivity index is 1.76. The van der Waals surface area contributed by atoms with E-state index in [1.165, 1.54) is 4.90 Å². The molecule has 0 radical (unpaired) electrons. The molecule has 1 fully saturated rings. The van der Waals surface area contributed by atoms with E-state index < -0.39 is 5.92 Å². The van der Waals surface area contributed by atoms with E-state index in [1.54, 1.807) is 12.1 Å². The van der Waals surface area contributed by atoms with Crippen LogP contribution in [0.2, 0.25) is 0 Å². The number of benzene rings is 2. The van der Waals surface area contributed by atoms with Crippen LogP contribution in [0.5, 0.6) is 0 Å². The van der Waals surface area contributed by atoms with Crippen molar-refractivity contribution >= 4 is 28.4 Å². The van der Waals surface area contributed by atoms with Gasteiger partial charge in [0.15, 0.2) is 0 Å². The van der Waals surface area contributed by atoms with Crippen LogP contribution in [0.25, 0.3) is 10.9 Å². The Morgan fingerprint density at radius 2 is 1.68 bits per heavy atom. The Labute approximate surface area is 127 Å². The van der Waals surface area contributed by atoms with Crippen LogP contribution in [0.15, 0.2) is 60.8 Å². The summed E-state index contributed by atoms with van der Waals surface area (Å²) in [6.07, 6.45) is 2.06. The second kappa shape index (κ2) is 4.84. The van der Waals surface area contributed by atoms with Crippen LogP contribution in [0.4, 0.5) is 5.69 Å². The molecule has 2 heterocycles. The van der Waals surface area contributed by atoms with Crippen LogP contribution >= 0.6 is 0 Å². The third-order valence-corrected chi connectivity index (χ3v) is 4.16. The molecule has 1 atom stereocenters. The van der Waals surface area contributed by atoms with Gasteiger partial charge in [0.2, 0.25) is 11.8 Å². The number of anilines is 1. The summed E-state index contributed by atoms with van der Waals surface area (Å²) < 4.78 is 0. The van der Waals surface area contributed by atoms with Crippen molar-refractivity contribution in [2.75, 3.05) is 4.90 Å². The molecule has 1 aliphatic heterocycles. The van der Waals surface area contributed by atoms with Crippen molar-refractivity contribution in [1.29, 1.82) is 0 Å². The fourth-order valence-electron chi connectivity index (χ4n) is 3.11. The maximum absolute atomic E-state index is 12.7. The molecule has 3 aromatic rings. The number of rotatable bonds is 2. The van der Waals surface area contributed by atoms with Gasteiger partial charge in [0.05, 0.1) is 11.6 Å². The Morgan fingerprint density at radius 1 is 0.955 bits per heavy atom.